The maximum absolute atomic E-state index is 6.65. The molecule has 0 radical (unpaired) electrons. The average molecular weight is 300 g/mol. The molecule has 0 aliphatic heterocycles. The van der Waals surface area contributed by atoms with E-state index < -0.39 is 0 Å². The van der Waals surface area contributed by atoms with Gasteiger partial charge in [-0.25, -0.2) is 4.98 Å². The minimum absolute atomic E-state index is 0.175. The van der Waals surface area contributed by atoms with Gasteiger partial charge >= 0.3 is 0 Å². The summed E-state index contributed by atoms with van der Waals surface area (Å²) in [4.78, 5) is 4.85. The number of nitrogens with two attached hydrogens (primary N) is 1. The van der Waals surface area contributed by atoms with Crippen LogP contribution in [0.2, 0.25) is 0 Å². The van der Waals surface area contributed by atoms with Gasteiger partial charge in [0.1, 0.15) is 5.01 Å². The average Bonchev–Trinajstić information content (AvgIpc) is 2.98. The van der Waals surface area contributed by atoms with Gasteiger partial charge in [-0.3, -0.25) is 0 Å². The molecule has 1 fully saturated rings. The van der Waals surface area contributed by atoms with Crippen molar-refractivity contribution in [3.05, 3.63) is 52.0 Å². The molecule has 1 heterocycles. The summed E-state index contributed by atoms with van der Waals surface area (Å²) < 4.78 is 0. The summed E-state index contributed by atoms with van der Waals surface area (Å²) in [5, 5.41) is 3.33. The van der Waals surface area contributed by atoms with Crippen molar-refractivity contribution in [1.29, 1.82) is 0 Å². The fourth-order valence-electron chi connectivity index (χ4n) is 3.24. The standard InChI is InChI=1S/C18H24N2S/c1-2-14-8-10-18(19,11-9-14)17-20-16(13-21-17)12-15-6-4-3-5-7-15/h3-7,13-14H,2,8-12,19H2,1H3. The van der Waals surface area contributed by atoms with Gasteiger partial charge in [0.05, 0.1) is 11.2 Å². The van der Waals surface area contributed by atoms with E-state index in [1.165, 1.54) is 24.8 Å². The van der Waals surface area contributed by atoms with Crippen LogP contribution in [0, 0.1) is 5.92 Å². The summed E-state index contributed by atoms with van der Waals surface area (Å²) in [7, 11) is 0. The quantitative estimate of drug-likeness (QED) is 0.903. The third-order valence-electron chi connectivity index (χ3n) is 4.78. The van der Waals surface area contributed by atoms with E-state index >= 15 is 0 Å². The van der Waals surface area contributed by atoms with Crippen LogP contribution < -0.4 is 5.73 Å². The van der Waals surface area contributed by atoms with E-state index in [1.807, 2.05) is 0 Å². The number of aromatic nitrogens is 1. The molecule has 21 heavy (non-hydrogen) atoms. The molecule has 0 atom stereocenters. The second-order valence-electron chi connectivity index (χ2n) is 6.31. The van der Waals surface area contributed by atoms with Crippen LogP contribution in [-0.2, 0) is 12.0 Å². The fourth-order valence-corrected chi connectivity index (χ4v) is 4.23. The van der Waals surface area contributed by atoms with Crippen LogP contribution in [0.25, 0.3) is 0 Å². The first-order valence-electron chi connectivity index (χ1n) is 7.97. The van der Waals surface area contributed by atoms with Crippen molar-refractivity contribution in [1.82, 2.24) is 4.98 Å². The molecule has 3 heteroatoms. The lowest BCUT2D eigenvalue weighted by molar-refractivity contribution is 0.231. The van der Waals surface area contributed by atoms with Gasteiger partial charge in [0.25, 0.3) is 0 Å². The predicted molar refractivity (Wildman–Crippen MR) is 89.5 cm³/mol. The van der Waals surface area contributed by atoms with Gasteiger partial charge in [-0.2, -0.15) is 0 Å². The second-order valence-corrected chi connectivity index (χ2v) is 7.17. The normalized spacial score (nSPS) is 25.9. The fraction of sp³-hybridized carbons (Fsp3) is 0.500. The smallest absolute Gasteiger partial charge is 0.113 e. The molecule has 0 amide bonds. The van der Waals surface area contributed by atoms with Gasteiger partial charge in [0, 0.05) is 11.8 Å². The van der Waals surface area contributed by atoms with Crippen LogP contribution >= 0.6 is 11.3 Å². The Morgan fingerprint density at radius 1 is 1.24 bits per heavy atom. The first-order valence-corrected chi connectivity index (χ1v) is 8.85. The van der Waals surface area contributed by atoms with Crippen molar-refractivity contribution in [3.8, 4) is 0 Å². The predicted octanol–water partition coefficient (Wildman–Crippen LogP) is 4.49. The highest BCUT2D eigenvalue weighted by Crippen LogP contribution is 2.39. The molecule has 0 unspecified atom stereocenters. The molecule has 1 aliphatic rings. The van der Waals surface area contributed by atoms with Crippen molar-refractivity contribution in [2.75, 3.05) is 0 Å². The third kappa shape index (κ3) is 3.35. The molecule has 2 aromatic rings. The number of thiazole rings is 1. The molecule has 1 aromatic carbocycles. The van der Waals surface area contributed by atoms with E-state index in [9.17, 15) is 0 Å². The van der Waals surface area contributed by atoms with Crippen molar-refractivity contribution in [2.45, 2.75) is 51.0 Å². The highest BCUT2D eigenvalue weighted by atomic mass is 32.1. The zero-order valence-corrected chi connectivity index (χ0v) is 13.5. The summed E-state index contributed by atoms with van der Waals surface area (Å²) in [5.41, 5.74) is 8.95. The Hall–Kier alpha value is -1.19. The third-order valence-corrected chi connectivity index (χ3v) is 5.89. The van der Waals surface area contributed by atoms with Crippen LogP contribution in [0.4, 0.5) is 0 Å². The van der Waals surface area contributed by atoms with Crippen LogP contribution in [0.3, 0.4) is 0 Å². The maximum atomic E-state index is 6.65. The van der Waals surface area contributed by atoms with Gasteiger partial charge in [0.15, 0.2) is 0 Å². The van der Waals surface area contributed by atoms with E-state index in [0.717, 1.165) is 35.9 Å². The molecular formula is C18H24N2S. The Bertz CT molecular complexity index is 568. The summed E-state index contributed by atoms with van der Waals surface area (Å²) in [6.07, 6.45) is 6.87. The topological polar surface area (TPSA) is 38.9 Å². The van der Waals surface area contributed by atoms with Crippen molar-refractivity contribution in [3.63, 3.8) is 0 Å². The monoisotopic (exact) mass is 300 g/mol. The minimum atomic E-state index is -0.175. The van der Waals surface area contributed by atoms with Gasteiger partial charge < -0.3 is 5.73 Å². The maximum Gasteiger partial charge on any atom is 0.113 e. The van der Waals surface area contributed by atoms with E-state index in [4.69, 9.17) is 10.7 Å². The van der Waals surface area contributed by atoms with Crippen LogP contribution in [0.5, 0.6) is 0 Å². The van der Waals surface area contributed by atoms with Gasteiger partial charge in [-0.15, -0.1) is 11.3 Å². The number of rotatable bonds is 4. The van der Waals surface area contributed by atoms with Gasteiger partial charge in [-0.1, -0.05) is 43.7 Å². The lowest BCUT2D eigenvalue weighted by Crippen LogP contribution is -2.40. The van der Waals surface area contributed by atoms with Crippen LogP contribution in [0.1, 0.15) is 55.3 Å². The van der Waals surface area contributed by atoms with Crippen molar-refractivity contribution in [2.24, 2.45) is 11.7 Å². The van der Waals surface area contributed by atoms with Crippen LogP contribution in [-0.4, -0.2) is 4.98 Å². The Labute approximate surface area is 131 Å². The molecule has 0 bridgehead atoms. The first-order chi connectivity index (χ1) is 10.2. The Morgan fingerprint density at radius 2 is 1.95 bits per heavy atom. The molecule has 1 aliphatic carbocycles. The van der Waals surface area contributed by atoms with E-state index in [0.29, 0.717) is 0 Å². The van der Waals surface area contributed by atoms with Gasteiger partial charge in [0.2, 0.25) is 0 Å². The molecule has 1 saturated carbocycles. The number of nitrogens with zero attached hydrogens (tertiary/aromatic N) is 1. The highest BCUT2D eigenvalue weighted by molar-refractivity contribution is 7.09. The molecule has 2 N–H and O–H groups in total. The molecular weight excluding hydrogens is 276 g/mol. The number of benzene rings is 1. The highest BCUT2D eigenvalue weighted by Gasteiger charge is 2.35. The zero-order chi connectivity index (χ0) is 14.7. The number of hydrogen-bond acceptors (Lipinski definition) is 3. The van der Waals surface area contributed by atoms with E-state index in [2.05, 4.69) is 42.6 Å². The van der Waals surface area contributed by atoms with Crippen molar-refractivity contribution < 1.29 is 0 Å². The summed E-state index contributed by atoms with van der Waals surface area (Å²) >= 11 is 1.75. The van der Waals surface area contributed by atoms with Gasteiger partial charge in [-0.05, 0) is 37.2 Å². The summed E-state index contributed by atoms with van der Waals surface area (Å²) in [6, 6.07) is 10.5. The largest absolute Gasteiger partial charge is 0.319 e. The molecule has 1 aromatic heterocycles. The zero-order valence-electron chi connectivity index (χ0n) is 12.7. The van der Waals surface area contributed by atoms with E-state index in [1.54, 1.807) is 11.3 Å². The SMILES string of the molecule is CCC1CCC(N)(c2nc(Cc3ccccc3)cs2)CC1. The first kappa shape index (κ1) is 14.7. The lowest BCUT2D eigenvalue weighted by atomic mass is 9.76. The molecule has 0 saturated heterocycles. The Balaban J connectivity index is 1.70. The van der Waals surface area contributed by atoms with E-state index in [-0.39, 0.29) is 5.54 Å². The minimum Gasteiger partial charge on any atom is -0.319 e. The molecule has 3 rings (SSSR count). The molecule has 2 nitrogen and oxygen atoms in total. The summed E-state index contributed by atoms with van der Waals surface area (Å²) in [5.74, 6) is 0.866. The second kappa shape index (κ2) is 6.29. The Morgan fingerprint density at radius 3 is 2.62 bits per heavy atom. The number of hydrogen-bond donors (Lipinski definition) is 1. The molecule has 112 valence electrons. The van der Waals surface area contributed by atoms with Crippen molar-refractivity contribution >= 4 is 11.3 Å². The van der Waals surface area contributed by atoms with Crippen LogP contribution in [0.15, 0.2) is 35.7 Å². The Kier molecular flexibility index (Phi) is 4.41. The summed E-state index contributed by atoms with van der Waals surface area (Å²) in [6.45, 7) is 2.29. The molecule has 0 spiro atoms. The lowest BCUT2D eigenvalue weighted by Gasteiger charge is -2.35.